The van der Waals surface area contributed by atoms with E-state index in [9.17, 15) is 14.9 Å². The lowest BCUT2D eigenvalue weighted by Crippen LogP contribution is -2.28. The van der Waals surface area contributed by atoms with Crippen LogP contribution in [-0.4, -0.2) is 29.9 Å². The Hall–Kier alpha value is -1.82. The maximum absolute atomic E-state index is 12.1. The summed E-state index contributed by atoms with van der Waals surface area (Å²) in [5.74, 6) is 0.295. The van der Waals surface area contributed by atoms with Gasteiger partial charge in [-0.1, -0.05) is 0 Å². The van der Waals surface area contributed by atoms with E-state index in [-0.39, 0.29) is 22.7 Å². The Labute approximate surface area is 127 Å². The number of halogens is 1. The van der Waals surface area contributed by atoms with Crippen molar-refractivity contribution in [3.8, 4) is 5.75 Å². The number of benzene rings is 1. The number of carbonyl (C=O) groups excluding carboxylic acids is 1. The summed E-state index contributed by atoms with van der Waals surface area (Å²) < 4.78 is 5.06. The molecule has 2 atom stereocenters. The Kier molecular flexibility index (Phi) is 5.01. The molecule has 0 saturated heterocycles. The molecule has 1 aromatic carbocycles. The maximum atomic E-state index is 12.1. The third-order valence-electron chi connectivity index (χ3n) is 3.67. The molecule has 1 fully saturated rings. The molecule has 21 heavy (non-hydrogen) atoms. The van der Waals surface area contributed by atoms with Gasteiger partial charge in [-0.15, -0.1) is 11.6 Å². The predicted molar refractivity (Wildman–Crippen MR) is 79.0 cm³/mol. The Morgan fingerprint density at radius 3 is 2.86 bits per heavy atom. The van der Waals surface area contributed by atoms with Gasteiger partial charge in [0.1, 0.15) is 5.75 Å². The van der Waals surface area contributed by atoms with Crippen LogP contribution in [0.15, 0.2) is 18.2 Å². The van der Waals surface area contributed by atoms with Crippen LogP contribution in [0.3, 0.4) is 0 Å². The number of alkyl halides is 1. The zero-order chi connectivity index (χ0) is 15.4. The molecule has 0 heterocycles. The van der Waals surface area contributed by atoms with Gasteiger partial charge in [0.15, 0.2) is 0 Å². The van der Waals surface area contributed by atoms with Gasteiger partial charge >= 0.3 is 0 Å². The first kappa shape index (κ1) is 15.6. The Bertz CT molecular complexity index is 550. The lowest BCUT2D eigenvalue weighted by molar-refractivity contribution is -0.384. The number of hydrogen-bond donors (Lipinski definition) is 1. The van der Waals surface area contributed by atoms with Crippen molar-refractivity contribution in [2.24, 2.45) is 5.92 Å². The van der Waals surface area contributed by atoms with E-state index < -0.39 is 4.92 Å². The smallest absolute Gasteiger partial charge is 0.273 e. The van der Waals surface area contributed by atoms with Crippen molar-refractivity contribution in [2.75, 3.05) is 13.7 Å². The molecular weight excluding hydrogens is 296 g/mol. The second-order valence-electron chi connectivity index (χ2n) is 5.13. The van der Waals surface area contributed by atoms with Gasteiger partial charge in [0.05, 0.1) is 23.7 Å². The van der Waals surface area contributed by atoms with Crippen molar-refractivity contribution in [1.82, 2.24) is 5.32 Å². The highest BCUT2D eigenvalue weighted by Crippen LogP contribution is 2.29. The zero-order valence-corrected chi connectivity index (χ0v) is 12.4. The van der Waals surface area contributed by atoms with Crippen molar-refractivity contribution in [3.05, 3.63) is 33.9 Å². The summed E-state index contributed by atoms with van der Waals surface area (Å²) in [7, 11) is 1.38. The fourth-order valence-electron chi connectivity index (χ4n) is 2.51. The van der Waals surface area contributed by atoms with Crippen LogP contribution >= 0.6 is 11.6 Å². The Morgan fingerprint density at radius 1 is 1.52 bits per heavy atom. The topological polar surface area (TPSA) is 81.5 Å². The van der Waals surface area contributed by atoms with Crippen molar-refractivity contribution in [3.63, 3.8) is 0 Å². The molecule has 0 aromatic heterocycles. The molecule has 1 aliphatic rings. The van der Waals surface area contributed by atoms with E-state index in [0.29, 0.717) is 18.0 Å². The average molecular weight is 313 g/mol. The van der Waals surface area contributed by atoms with E-state index in [1.165, 1.54) is 25.3 Å². The maximum Gasteiger partial charge on any atom is 0.273 e. The minimum Gasteiger partial charge on any atom is -0.496 e. The highest BCUT2D eigenvalue weighted by Gasteiger charge is 2.24. The number of amides is 1. The third-order valence-corrected chi connectivity index (χ3v) is 4.07. The summed E-state index contributed by atoms with van der Waals surface area (Å²) in [6.45, 7) is 0.558. The normalized spacial score (nSPS) is 21.0. The molecule has 7 heteroatoms. The van der Waals surface area contributed by atoms with Crippen LogP contribution in [0.25, 0.3) is 0 Å². The zero-order valence-electron chi connectivity index (χ0n) is 11.7. The predicted octanol–water partition coefficient (Wildman–Crippen LogP) is 2.74. The standard InChI is InChI=1S/C14H17ClN2O4/c1-21-13-7-11(17(19)20)4-5-12(13)14(18)16-8-9-2-3-10(15)6-9/h4-5,7,9-10H,2-3,6,8H2,1H3,(H,16,18). The average Bonchev–Trinajstić information content (AvgIpc) is 2.89. The summed E-state index contributed by atoms with van der Waals surface area (Å²) in [6, 6.07) is 3.95. The highest BCUT2D eigenvalue weighted by atomic mass is 35.5. The van der Waals surface area contributed by atoms with Gasteiger partial charge < -0.3 is 10.1 Å². The summed E-state index contributed by atoms with van der Waals surface area (Å²) in [6.07, 6.45) is 2.88. The highest BCUT2D eigenvalue weighted by molar-refractivity contribution is 6.20. The molecule has 6 nitrogen and oxygen atoms in total. The largest absolute Gasteiger partial charge is 0.496 e. The lowest BCUT2D eigenvalue weighted by Gasteiger charge is -2.12. The fraction of sp³-hybridized carbons (Fsp3) is 0.500. The van der Waals surface area contributed by atoms with Crippen LogP contribution in [-0.2, 0) is 0 Å². The number of carbonyl (C=O) groups is 1. The van der Waals surface area contributed by atoms with Crippen molar-refractivity contribution in [2.45, 2.75) is 24.6 Å². The summed E-state index contributed by atoms with van der Waals surface area (Å²) >= 11 is 6.04. The second kappa shape index (κ2) is 6.76. The van der Waals surface area contributed by atoms with Gasteiger partial charge in [-0.2, -0.15) is 0 Å². The van der Waals surface area contributed by atoms with Crippen molar-refractivity contribution < 1.29 is 14.5 Å². The fourth-order valence-corrected chi connectivity index (χ4v) is 2.89. The van der Waals surface area contributed by atoms with Crippen molar-refractivity contribution in [1.29, 1.82) is 0 Å². The van der Waals surface area contributed by atoms with Gasteiger partial charge in [0.25, 0.3) is 11.6 Å². The number of hydrogen-bond acceptors (Lipinski definition) is 4. The Balaban J connectivity index is 2.03. The van der Waals surface area contributed by atoms with Gasteiger partial charge in [0.2, 0.25) is 0 Å². The first-order chi connectivity index (χ1) is 10.0. The van der Waals surface area contributed by atoms with Gasteiger partial charge in [-0.3, -0.25) is 14.9 Å². The summed E-state index contributed by atoms with van der Waals surface area (Å²) in [4.78, 5) is 22.3. The Morgan fingerprint density at radius 2 is 2.29 bits per heavy atom. The van der Waals surface area contributed by atoms with Crippen LogP contribution in [0.4, 0.5) is 5.69 Å². The molecule has 0 aliphatic heterocycles. The molecule has 1 saturated carbocycles. The van der Waals surface area contributed by atoms with Gasteiger partial charge in [-0.25, -0.2) is 0 Å². The molecule has 0 bridgehead atoms. The van der Waals surface area contributed by atoms with E-state index >= 15 is 0 Å². The van der Waals surface area contributed by atoms with Crippen LogP contribution in [0, 0.1) is 16.0 Å². The second-order valence-corrected chi connectivity index (χ2v) is 5.75. The first-order valence-corrected chi connectivity index (χ1v) is 7.19. The van der Waals surface area contributed by atoms with Crippen LogP contribution in [0.1, 0.15) is 29.6 Å². The molecule has 1 amide bonds. The number of nitro benzene ring substituents is 1. The van der Waals surface area contributed by atoms with Crippen LogP contribution in [0.5, 0.6) is 5.75 Å². The number of rotatable bonds is 5. The van der Waals surface area contributed by atoms with E-state index in [0.717, 1.165) is 19.3 Å². The van der Waals surface area contributed by atoms with E-state index in [2.05, 4.69) is 5.32 Å². The molecule has 0 radical (unpaired) electrons. The summed E-state index contributed by atoms with van der Waals surface area (Å²) in [5.41, 5.74) is 0.188. The monoisotopic (exact) mass is 312 g/mol. The molecular formula is C14H17ClN2O4. The number of nitrogens with one attached hydrogen (secondary N) is 1. The van der Waals surface area contributed by atoms with Gasteiger partial charge in [0, 0.05) is 18.0 Å². The molecule has 1 aliphatic carbocycles. The number of non-ortho nitro benzene ring substituents is 1. The van der Waals surface area contributed by atoms with Crippen molar-refractivity contribution >= 4 is 23.2 Å². The molecule has 2 unspecified atom stereocenters. The number of ether oxygens (including phenoxy) is 1. The minimum absolute atomic E-state index is 0.107. The lowest BCUT2D eigenvalue weighted by atomic mass is 10.1. The number of nitro groups is 1. The van der Waals surface area contributed by atoms with Crippen LogP contribution < -0.4 is 10.1 Å². The first-order valence-electron chi connectivity index (χ1n) is 6.76. The third kappa shape index (κ3) is 3.85. The van der Waals surface area contributed by atoms with E-state index in [4.69, 9.17) is 16.3 Å². The molecule has 114 valence electrons. The minimum atomic E-state index is -0.524. The number of nitrogens with zero attached hydrogens (tertiary/aromatic N) is 1. The molecule has 2 rings (SSSR count). The van der Waals surface area contributed by atoms with Gasteiger partial charge in [-0.05, 0) is 31.2 Å². The SMILES string of the molecule is COc1cc([N+](=O)[O-])ccc1C(=O)NCC1CCC(Cl)C1. The molecule has 0 spiro atoms. The number of methoxy groups -OCH3 is 1. The van der Waals surface area contributed by atoms with E-state index in [1.807, 2.05) is 0 Å². The summed E-state index contributed by atoms with van der Waals surface area (Å²) in [5, 5.41) is 13.8. The van der Waals surface area contributed by atoms with Crippen LogP contribution in [0.2, 0.25) is 0 Å². The quantitative estimate of drug-likeness (QED) is 0.515. The van der Waals surface area contributed by atoms with E-state index in [1.54, 1.807) is 0 Å². The molecule has 1 aromatic rings. The molecule has 1 N–H and O–H groups in total.